The first kappa shape index (κ1) is 13.9. The first-order chi connectivity index (χ1) is 9.72. The second-order valence-electron chi connectivity index (χ2n) is 5.31. The number of carbonyl (C=O) groups is 1. The molecule has 110 valence electrons. The Kier molecular flexibility index (Phi) is 4.28. The van der Waals surface area contributed by atoms with Crippen molar-refractivity contribution in [2.45, 2.75) is 19.5 Å². The average Bonchev–Trinajstić information content (AvgIpc) is 3.11. The molecule has 3 heterocycles. The number of aromatic nitrogens is 1. The normalized spacial score (nSPS) is 24.2. The molecule has 0 radical (unpaired) electrons. The smallest absolute Gasteiger partial charge is 0.240 e. The Morgan fingerprint density at radius 1 is 1.50 bits per heavy atom. The van der Waals surface area contributed by atoms with Crippen LogP contribution in [-0.4, -0.2) is 64.7 Å². The van der Waals surface area contributed by atoms with E-state index in [0.29, 0.717) is 0 Å². The van der Waals surface area contributed by atoms with Crippen molar-refractivity contribution < 1.29 is 9.32 Å². The highest BCUT2D eigenvalue weighted by Crippen LogP contribution is 2.14. The van der Waals surface area contributed by atoms with Crippen LogP contribution < -0.4 is 5.32 Å². The number of amides is 1. The predicted octanol–water partition coefficient (Wildman–Crippen LogP) is 0.290. The monoisotopic (exact) mass is 296 g/mol. The van der Waals surface area contributed by atoms with Crippen LogP contribution in [0, 0.1) is 6.92 Å². The first-order valence-corrected chi connectivity index (χ1v) is 8.12. The summed E-state index contributed by atoms with van der Waals surface area (Å²) in [6.45, 7) is 6.09. The van der Waals surface area contributed by atoms with E-state index in [1.165, 1.54) is 0 Å². The lowest BCUT2D eigenvalue weighted by Gasteiger charge is -2.35. The van der Waals surface area contributed by atoms with Gasteiger partial charge in [0.05, 0.1) is 18.3 Å². The largest absolute Gasteiger partial charge is 0.360 e. The number of nitrogens with zero attached hydrogens (tertiary/aromatic N) is 3. The van der Waals surface area contributed by atoms with Gasteiger partial charge in [0.15, 0.2) is 5.76 Å². The molecule has 6 nitrogen and oxygen atoms in total. The number of hydrogen-bond acceptors (Lipinski definition) is 6. The lowest BCUT2D eigenvalue weighted by Crippen LogP contribution is -2.53. The molecule has 0 unspecified atom stereocenters. The Hall–Kier alpha value is -1.05. The second kappa shape index (κ2) is 6.15. The summed E-state index contributed by atoms with van der Waals surface area (Å²) in [5.74, 6) is 2.94. The Morgan fingerprint density at radius 3 is 2.90 bits per heavy atom. The average molecular weight is 296 g/mol. The SMILES string of the molecule is Cc1cc(CN2CCN(C(=O)[C@H]3CSCN3)CC2)on1. The topological polar surface area (TPSA) is 61.6 Å². The standard InChI is InChI=1S/C13H20N4O2S/c1-10-6-11(19-15-10)7-16-2-4-17(5-3-16)13(18)12-8-20-9-14-12/h6,12,14H,2-5,7-9H2,1H3/t12-/m1/s1. The molecule has 1 N–H and O–H groups in total. The molecule has 0 aromatic carbocycles. The van der Waals surface area contributed by atoms with E-state index in [1.54, 1.807) is 11.8 Å². The van der Waals surface area contributed by atoms with Crippen LogP contribution in [0.15, 0.2) is 10.6 Å². The molecule has 3 rings (SSSR count). The van der Waals surface area contributed by atoms with Gasteiger partial charge in [-0.2, -0.15) is 0 Å². The third kappa shape index (κ3) is 3.16. The van der Waals surface area contributed by atoms with Gasteiger partial charge < -0.3 is 9.42 Å². The molecule has 0 bridgehead atoms. The summed E-state index contributed by atoms with van der Waals surface area (Å²) < 4.78 is 5.24. The predicted molar refractivity (Wildman–Crippen MR) is 77.3 cm³/mol. The molecule has 20 heavy (non-hydrogen) atoms. The van der Waals surface area contributed by atoms with Gasteiger partial charge in [0.1, 0.15) is 0 Å². The van der Waals surface area contributed by atoms with Gasteiger partial charge in [-0.3, -0.25) is 15.0 Å². The van der Waals surface area contributed by atoms with Crippen molar-refractivity contribution in [1.29, 1.82) is 0 Å². The van der Waals surface area contributed by atoms with Gasteiger partial charge in [0.2, 0.25) is 5.91 Å². The van der Waals surface area contributed by atoms with E-state index in [4.69, 9.17) is 4.52 Å². The quantitative estimate of drug-likeness (QED) is 0.865. The highest BCUT2D eigenvalue weighted by molar-refractivity contribution is 7.99. The maximum Gasteiger partial charge on any atom is 0.240 e. The zero-order valence-corrected chi connectivity index (χ0v) is 12.5. The Labute approximate surface area is 122 Å². The number of hydrogen-bond donors (Lipinski definition) is 1. The number of aryl methyl sites for hydroxylation is 1. The Balaban J connectivity index is 1.48. The molecule has 0 saturated carbocycles. The number of thioether (sulfide) groups is 1. The van der Waals surface area contributed by atoms with E-state index in [0.717, 1.165) is 55.8 Å². The third-order valence-corrected chi connectivity index (χ3v) is 4.69. The molecule has 1 aromatic heterocycles. The lowest BCUT2D eigenvalue weighted by molar-refractivity contribution is -0.134. The zero-order chi connectivity index (χ0) is 13.9. The minimum Gasteiger partial charge on any atom is -0.360 e. The molecule has 2 aliphatic rings. The van der Waals surface area contributed by atoms with Crippen LogP contribution >= 0.6 is 11.8 Å². The molecule has 7 heteroatoms. The zero-order valence-electron chi connectivity index (χ0n) is 11.7. The molecule has 1 aromatic rings. The second-order valence-corrected chi connectivity index (χ2v) is 6.34. The van der Waals surface area contributed by atoms with Crippen LogP contribution in [0.2, 0.25) is 0 Å². The fraction of sp³-hybridized carbons (Fsp3) is 0.692. The summed E-state index contributed by atoms with van der Waals surface area (Å²) >= 11 is 1.79. The highest BCUT2D eigenvalue weighted by Gasteiger charge is 2.29. The van der Waals surface area contributed by atoms with Gasteiger partial charge in [-0.15, -0.1) is 11.8 Å². The molecule has 1 amide bonds. The van der Waals surface area contributed by atoms with Crippen molar-refractivity contribution in [3.8, 4) is 0 Å². The molecule has 2 aliphatic heterocycles. The summed E-state index contributed by atoms with van der Waals surface area (Å²) in [6.07, 6.45) is 0. The van der Waals surface area contributed by atoms with E-state index < -0.39 is 0 Å². The summed E-state index contributed by atoms with van der Waals surface area (Å²) in [7, 11) is 0. The molecule has 1 atom stereocenters. The third-order valence-electron chi connectivity index (χ3n) is 3.75. The fourth-order valence-corrected chi connectivity index (χ4v) is 3.54. The maximum absolute atomic E-state index is 12.3. The van der Waals surface area contributed by atoms with E-state index in [9.17, 15) is 4.79 Å². The first-order valence-electron chi connectivity index (χ1n) is 6.97. The summed E-state index contributed by atoms with van der Waals surface area (Å²) in [5, 5.41) is 7.14. The van der Waals surface area contributed by atoms with Crippen LogP contribution in [0.4, 0.5) is 0 Å². The minimum absolute atomic E-state index is 0.0171. The van der Waals surface area contributed by atoms with Crippen molar-refractivity contribution in [3.05, 3.63) is 17.5 Å². The van der Waals surface area contributed by atoms with Gasteiger partial charge in [-0.05, 0) is 6.92 Å². The number of rotatable bonds is 3. The van der Waals surface area contributed by atoms with Crippen LogP contribution in [0.1, 0.15) is 11.5 Å². The molecule has 0 aliphatic carbocycles. The number of nitrogens with one attached hydrogen (secondary N) is 1. The number of piperazine rings is 1. The van der Waals surface area contributed by atoms with Gasteiger partial charge in [-0.25, -0.2) is 0 Å². The van der Waals surface area contributed by atoms with E-state index in [1.807, 2.05) is 17.9 Å². The maximum atomic E-state index is 12.3. The Morgan fingerprint density at radius 2 is 2.30 bits per heavy atom. The minimum atomic E-state index is 0.0171. The Bertz CT molecular complexity index is 465. The van der Waals surface area contributed by atoms with E-state index in [-0.39, 0.29) is 11.9 Å². The van der Waals surface area contributed by atoms with Crippen molar-refractivity contribution in [2.75, 3.05) is 37.8 Å². The van der Waals surface area contributed by atoms with Crippen LogP contribution in [-0.2, 0) is 11.3 Å². The van der Waals surface area contributed by atoms with E-state index in [2.05, 4.69) is 15.4 Å². The molecular weight excluding hydrogens is 276 g/mol. The summed E-state index contributed by atoms with van der Waals surface area (Å²) in [6, 6.07) is 1.99. The lowest BCUT2D eigenvalue weighted by atomic mass is 10.2. The fourth-order valence-electron chi connectivity index (χ4n) is 2.61. The highest BCUT2D eigenvalue weighted by atomic mass is 32.2. The number of carbonyl (C=O) groups excluding carboxylic acids is 1. The van der Waals surface area contributed by atoms with E-state index >= 15 is 0 Å². The summed E-state index contributed by atoms with van der Waals surface area (Å²) in [4.78, 5) is 16.6. The van der Waals surface area contributed by atoms with Gasteiger partial charge in [0.25, 0.3) is 0 Å². The van der Waals surface area contributed by atoms with Gasteiger partial charge >= 0.3 is 0 Å². The summed E-state index contributed by atoms with van der Waals surface area (Å²) in [5.41, 5.74) is 0.915. The molecule has 2 fully saturated rings. The van der Waals surface area contributed by atoms with Crippen molar-refractivity contribution in [3.63, 3.8) is 0 Å². The van der Waals surface area contributed by atoms with Crippen LogP contribution in [0.3, 0.4) is 0 Å². The molecule has 0 spiro atoms. The van der Waals surface area contributed by atoms with Crippen LogP contribution in [0.25, 0.3) is 0 Å². The van der Waals surface area contributed by atoms with Crippen molar-refractivity contribution in [1.82, 2.24) is 20.3 Å². The van der Waals surface area contributed by atoms with Crippen LogP contribution in [0.5, 0.6) is 0 Å². The van der Waals surface area contributed by atoms with Crippen molar-refractivity contribution in [2.24, 2.45) is 0 Å². The molecular formula is C13H20N4O2S. The molecule has 2 saturated heterocycles. The van der Waals surface area contributed by atoms with Gasteiger partial charge in [0, 0.05) is 43.9 Å². The van der Waals surface area contributed by atoms with Gasteiger partial charge in [-0.1, -0.05) is 5.16 Å². The van der Waals surface area contributed by atoms with Crippen molar-refractivity contribution >= 4 is 17.7 Å².